The van der Waals surface area contributed by atoms with E-state index in [9.17, 15) is 4.79 Å². The summed E-state index contributed by atoms with van der Waals surface area (Å²) in [5, 5.41) is 0. The van der Waals surface area contributed by atoms with Gasteiger partial charge in [-0.2, -0.15) is 0 Å². The average Bonchev–Trinajstić information content (AvgIpc) is 2.12. The SMILES string of the molecule is CCN(C(C)=O)C1C=CC(C)(N)C(N)=C1. The molecule has 4 heteroatoms. The standard InChI is InChI=1S/C11H19N3O/c1-4-14(8(2)15)9-5-6-11(3,13)10(12)7-9/h5-7,9H,4,12-13H2,1-3H3. The first kappa shape index (κ1) is 11.8. The highest BCUT2D eigenvalue weighted by molar-refractivity contribution is 5.74. The minimum Gasteiger partial charge on any atom is -0.400 e. The molecule has 0 bridgehead atoms. The Labute approximate surface area is 90.6 Å². The third-order valence-electron chi connectivity index (χ3n) is 2.72. The molecule has 2 unspecified atom stereocenters. The van der Waals surface area contributed by atoms with Crippen LogP contribution in [0.3, 0.4) is 0 Å². The van der Waals surface area contributed by atoms with E-state index in [4.69, 9.17) is 11.5 Å². The summed E-state index contributed by atoms with van der Waals surface area (Å²) in [6.45, 7) is 6.00. The minimum atomic E-state index is -0.591. The van der Waals surface area contributed by atoms with Gasteiger partial charge in [-0.05, 0) is 19.9 Å². The molecule has 0 aromatic carbocycles. The van der Waals surface area contributed by atoms with Crippen LogP contribution in [0.15, 0.2) is 23.9 Å². The second-order valence-corrected chi connectivity index (χ2v) is 4.06. The van der Waals surface area contributed by atoms with Crippen molar-refractivity contribution < 1.29 is 4.79 Å². The number of hydrogen-bond acceptors (Lipinski definition) is 3. The average molecular weight is 209 g/mol. The van der Waals surface area contributed by atoms with Crippen LogP contribution >= 0.6 is 0 Å². The van der Waals surface area contributed by atoms with Gasteiger partial charge in [-0.3, -0.25) is 4.79 Å². The Kier molecular flexibility index (Phi) is 3.19. The fourth-order valence-corrected chi connectivity index (χ4v) is 1.65. The highest BCUT2D eigenvalue weighted by Crippen LogP contribution is 2.19. The third kappa shape index (κ3) is 2.39. The van der Waals surface area contributed by atoms with Crippen LogP contribution in [0.1, 0.15) is 20.8 Å². The van der Waals surface area contributed by atoms with E-state index in [0.29, 0.717) is 12.2 Å². The van der Waals surface area contributed by atoms with Crippen molar-refractivity contribution in [1.82, 2.24) is 4.90 Å². The highest BCUT2D eigenvalue weighted by Gasteiger charge is 2.26. The number of carbonyl (C=O) groups is 1. The zero-order valence-electron chi connectivity index (χ0n) is 9.53. The normalized spacial score (nSPS) is 29.9. The lowest BCUT2D eigenvalue weighted by Crippen LogP contribution is -2.46. The van der Waals surface area contributed by atoms with Gasteiger partial charge < -0.3 is 16.4 Å². The lowest BCUT2D eigenvalue weighted by atomic mass is 9.91. The smallest absolute Gasteiger partial charge is 0.220 e. The summed E-state index contributed by atoms with van der Waals surface area (Å²) in [4.78, 5) is 13.1. The molecule has 4 N–H and O–H groups in total. The lowest BCUT2D eigenvalue weighted by Gasteiger charge is -2.32. The van der Waals surface area contributed by atoms with Crippen molar-refractivity contribution in [3.05, 3.63) is 23.9 Å². The predicted molar refractivity (Wildman–Crippen MR) is 60.9 cm³/mol. The van der Waals surface area contributed by atoms with E-state index < -0.39 is 5.54 Å². The Morgan fingerprint density at radius 2 is 2.27 bits per heavy atom. The number of likely N-dealkylation sites (N-methyl/N-ethyl adjacent to an activating group) is 1. The van der Waals surface area contributed by atoms with Crippen molar-refractivity contribution in [3.8, 4) is 0 Å². The zero-order chi connectivity index (χ0) is 11.6. The number of hydrogen-bond donors (Lipinski definition) is 2. The summed E-state index contributed by atoms with van der Waals surface area (Å²) in [6.07, 6.45) is 5.60. The van der Waals surface area contributed by atoms with Crippen molar-refractivity contribution >= 4 is 5.91 Å². The largest absolute Gasteiger partial charge is 0.400 e. The van der Waals surface area contributed by atoms with Gasteiger partial charge in [0.1, 0.15) is 0 Å². The third-order valence-corrected chi connectivity index (χ3v) is 2.72. The molecule has 0 aliphatic heterocycles. The van der Waals surface area contributed by atoms with E-state index in [1.807, 2.05) is 32.1 Å². The number of amides is 1. The minimum absolute atomic E-state index is 0.0387. The monoisotopic (exact) mass is 209 g/mol. The van der Waals surface area contributed by atoms with Gasteiger partial charge in [0.25, 0.3) is 0 Å². The molecule has 0 heterocycles. The van der Waals surface area contributed by atoms with Gasteiger partial charge in [0.15, 0.2) is 0 Å². The molecule has 0 aromatic heterocycles. The summed E-state index contributed by atoms with van der Waals surface area (Å²) >= 11 is 0. The molecule has 1 aliphatic rings. The fourth-order valence-electron chi connectivity index (χ4n) is 1.65. The molecule has 0 aromatic rings. The molecule has 4 nitrogen and oxygen atoms in total. The molecule has 2 atom stereocenters. The quantitative estimate of drug-likeness (QED) is 0.645. The van der Waals surface area contributed by atoms with Crippen molar-refractivity contribution in [3.63, 3.8) is 0 Å². The number of carbonyl (C=O) groups excluding carboxylic acids is 1. The molecule has 1 aliphatic carbocycles. The predicted octanol–water partition coefficient (Wildman–Crippen LogP) is 0.353. The van der Waals surface area contributed by atoms with Crippen LogP contribution in [-0.4, -0.2) is 28.9 Å². The molecule has 1 amide bonds. The first-order chi connectivity index (χ1) is 6.88. The van der Waals surface area contributed by atoms with Gasteiger partial charge in [-0.25, -0.2) is 0 Å². The molecule has 0 saturated heterocycles. The zero-order valence-corrected chi connectivity index (χ0v) is 9.53. The molecule has 84 valence electrons. The first-order valence-corrected chi connectivity index (χ1v) is 5.11. The maximum absolute atomic E-state index is 11.3. The topological polar surface area (TPSA) is 72.3 Å². The molecule has 0 fully saturated rings. The van der Waals surface area contributed by atoms with Crippen molar-refractivity contribution in [2.75, 3.05) is 6.54 Å². The lowest BCUT2D eigenvalue weighted by molar-refractivity contribution is -0.129. The molecule has 1 rings (SSSR count). The van der Waals surface area contributed by atoms with Crippen LogP contribution in [0.25, 0.3) is 0 Å². The maximum atomic E-state index is 11.3. The number of nitrogens with zero attached hydrogens (tertiary/aromatic N) is 1. The molecule has 15 heavy (non-hydrogen) atoms. The maximum Gasteiger partial charge on any atom is 0.220 e. The summed E-state index contributed by atoms with van der Waals surface area (Å²) in [6, 6.07) is -0.0656. The number of nitrogens with two attached hydrogens (primary N) is 2. The van der Waals surface area contributed by atoms with Gasteiger partial charge >= 0.3 is 0 Å². The Bertz CT molecular complexity index is 318. The van der Waals surface area contributed by atoms with Crippen LogP contribution in [0.2, 0.25) is 0 Å². The van der Waals surface area contributed by atoms with Crippen LogP contribution in [-0.2, 0) is 4.79 Å². The Hall–Kier alpha value is -1.29. The Balaban J connectivity index is 2.89. The van der Waals surface area contributed by atoms with Gasteiger partial charge in [0.05, 0.1) is 11.6 Å². The second-order valence-electron chi connectivity index (χ2n) is 4.06. The summed E-state index contributed by atoms with van der Waals surface area (Å²) in [7, 11) is 0. The van der Waals surface area contributed by atoms with E-state index >= 15 is 0 Å². The van der Waals surface area contributed by atoms with Crippen LogP contribution < -0.4 is 11.5 Å². The molecular weight excluding hydrogens is 190 g/mol. The van der Waals surface area contributed by atoms with E-state index in [2.05, 4.69) is 0 Å². The first-order valence-electron chi connectivity index (χ1n) is 5.11. The molecular formula is C11H19N3O. The van der Waals surface area contributed by atoms with E-state index in [1.54, 1.807) is 11.8 Å². The number of rotatable bonds is 2. The van der Waals surface area contributed by atoms with Crippen LogP contribution in [0, 0.1) is 0 Å². The van der Waals surface area contributed by atoms with Gasteiger partial charge in [0, 0.05) is 19.2 Å². The van der Waals surface area contributed by atoms with Gasteiger partial charge in [-0.1, -0.05) is 12.2 Å². The van der Waals surface area contributed by atoms with Gasteiger partial charge in [0.2, 0.25) is 5.91 Å². The van der Waals surface area contributed by atoms with Crippen molar-refractivity contribution in [2.45, 2.75) is 32.4 Å². The Morgan fingerprint density at radius 1 is 1.67 bits per heavy atom. The molecule has 0 radical (unpaired) electrons. The summed E-state index contributed by atoms with van der Waals surface area (Å²) in [5.41, 5.74) is 11.8. The van der Waals surface area contributed by atoms with Crippen LogP contribution in [0.5, 0.6) is 0 Å². The van der Waals surface area contributed by atoms with E-state index in [1.165, 1.54) is 0 Å². The molecule has 0 spiro atoms. The van der Waals surface area contributed by atoms with Gasteiger partial charge in [-0.15, -0.1) is 0 Å². The highest BCUT2D eigenvalue weighted by atomic mass is 16.2. The summed E-state index contributed by atoms with van der Waals surface area (Å²) < 4.78 is 0. The second kappa shape index (κ2) is 4.06. The van der Waals surface area contributed by atoms with Crippen LogP contribution in [0.4, 0.5) is 0 Å². The Morgan fingerprint density at radius 3 is 2.67 bits per heavy atom. The van der Waals surface area contributed by atoms with E-state index in [0.717, 1.165) is 0 Å². The fraction of sp³-hybridized carbons (Fsp3) is 0.545. The van der Waals surface area contributed by atoms with Crippen molar-refractivity contribution in [1.29, 1.82) is 0 Å². The summed E-state index contributed by atoms with van der Waals surface area (Å²) in [5.74, 6) is 0.0387. The van der Waals surface area contributed by atoms with Crippen molar-refractivity contribution in [2.24, 2.45) is 11.5 Å². The van der Waals surface area contributed by atoms with E-state index in [-0.39, 0.29) is 11.9 Å². The molecule has 0 saturated carbocycles.